The first-order valence-electron chi connectivity index (χ1n) is 9.58. The number of nitrogens with zero attached hydrogens (tertiary/aromatic N) is 1. The molecule has 0 aliphatic carbocycles. The Balaban J connectivity index is 1.49. The SMILES string of the molecule is CC(C)OC(=O)c1ccc2nc(NC(=O)c3ccc(-c4ccccc4)cc3)sc2c1. The molecule has 1 aromatic heterocycles. The highest BCUT2D eigenvalue weighted by molar-refractivity contribution is 7.22. The number of benzene rings is 3. The summed E-state index contributed by atoms with van der Waals surface area (Å²) in [7, 11) is 0. The van der Waals surface area contributed by atoms with E-state index in [-0.39, 0.29) is 18.0 Å². The van der Waals surface area contributed by atoms with Crippen molar-refractivity contribution in [2.45, 2.75) is 20.0 Å². The Morgan fingerprint density at radius 2 is 1.57 bits per heavy atom. The highest BCUT2D eigenvalue weighted by Gasteiger charge is 2.14. The highest BCUT2D eigenvalue weighted by Crippen LogP contribution is 2.28. The van der Waals surface area contributed by atoms with Crippen LogP contribution < -0.4 is 5.32 Å². The molecule has 0 spiro atoms. The number of fused-ring (bicyclic) bond motifs is 1. The minimum atomic E-state index is -0.371. The van der Waals surface area contributed by atoms with Gasteiger partial charge in [-0.1, -0.05) is 53.8 Å². The van der Waals surface area contributed by atoms with Crippen LogP contribution >= 0.6 is 11.3 Å². The fourth-order valence-corrected chi connectivity index (χ4v) is 3.90. The lowest BCUT2D eigenvalue weighted by molar-refractivity contribution is 0.0378. The minimum Gasteiger partial charge on any atom is -0.459 e. The number of carbonyl (C=O) groups excluding carboxylic acids is 2. The van der Waals surface area contributed by atoms with E-state index in [1.165, 1.54) is 11.3 Å². The number of esters is 1. The number of carbonyl (C=O) groups is 2. The molecule has 0 aliphatic rings. The van der Waals surface area contributed by atoms with Gasteiger partial charge in [-0.25, -0.2) is 9.78 Å². The van der Waals surface area contributed by atoms with Gasteiger partial charge in [-0.05, 0) is 55.3 Å². The second kappa shape index (κ2) is 8.47. The lowest BCUT2D eigenvalue weighted by atomic mass is 10.0. The fraction of sp³-hybridized carbons (Fsp3) is 0.125. The lowest BCUT2D eigenvalue weighted by Crippen LogP contribution is -2.11. The molecule has 0 aliphatic heterocycles. The molecule has 5 nitrogen and oxygen atoms in total. The quantitative estimate of drug-likeness (QED) is 0.419. The van der Waals surface area contributed by atoms with Crippen molar-refractivity contribution < 1.29 is 14.3 Å². The molecule has 150 valence electrons. The minimum absolute atomic E-state index is 0.183. The van der Waals surface area contributed by atoms with Crippen molar-refractivity contribution in [2.75, 3.05) is 5.32 Å². The first kappa shape index (κ1) is 19.8. The molecule has 0 bridgehead atoms. The monoisotopic (exact) mass is 416 g/mol. The zero-order valence-corrected chi connectivity index (χ0v) is 17.4. The first-order valence-corrected chi connectivity index (χ1v) is 10.4. The topological polar surface area (TPSA) is 68.3 Å². The van der Waals surface area contributed by atoms with E-state index in [1.807, 2.05) is 56.3 Å². The van der Waals surface area contributed by atoms with Crippen LogP contribution in [0.4, 0.5) is 5.13 Å². The summed E-state index contributed by atoms with van der Waals surface area (Å²) in [6.45, 7) is 3.62. The van der Waals surface area contributed by atoms with Gasteiger partial charge in [0.05, 0.1) is 21.9 Å². The molecule has 4 aromatic rings. The van der Waals surface area contributed by atoms with Crippen LogP contribution in [-0.4, -0.2) is 23.0 Å². The number of hydrogen-bond donors (Lipinski definition) is 1. The van der Waals surface area contributed by atoms with Crippen molar-refractivity contribution in [3.63, 3.8) is 0 Å². The van der Waals surface area contributed by atoms with Crippen molar-refractivity contribution in [1.29, 1.82) is 0 Å². The highest BCUT2D eigenvalue weighted by atomic mass is 32.1. The molecule has 0 radical (unpaired) electrons. The number of hydrogen-bond acceptors (Lipinski definition) is 5. The molecule has 1 N–H and O–H groups in total. The van der Waals surface area contributed by atoms with E-state index in [0.29, 0.717) is 16.3 Å². The van der Waals surface area contributed by atoms with Gasteiger partial charge in [0.1, 0.15) is 0 Å². The number of ether oxygens (including phenoxy) is 1. The molecule has 1 heterocycles. The van der Waals surface area contributed by atoms with E-state index >= 15 is 0 Å². The van der Waals surface area contributed by atoms with Gasteiger partial charge < -0.3 is 4.74 Å². The maximum atomic E-state index is 12.6. The van der Waals surface area contributed by atoms with E-state index in [0.717, 1.165) is 21.3 Å². The molecule has 4 rings (SSSR count). The standard InChI is InChI=1S/C24H20N2O3S/c1-15(2)29-23(28)19-12-13-20-21(14-19)30-24(25-20)26-22(27)18-10-8-17(9-11-18)16-6-4-3-5-7-16/h3-15H,1-2H3,(H,25,26,27). The van der Waals surface area contributed by atoms with Crippen LogP contribution in [0.2, 0.25) is 0 Å². The van der Waals surface area contributed by atoms with E-state index < -0.39 is 0 Å². The summed E-state index contributed by atoms with van der Waals surface area (Å²) in [6, 6.07) is 22.6. The second-order valence-electron chi connectivity index (χ2n) is 7.05. The molecular weight excluding hydrogens is 396 g/mol. The Kier molecular flexibility index (Phi) is 5.59. The molecule has 3 aromatic carbocycles. The van der Waals surface area contributed by atoms with Gasteiger partial charge in [0, 0.05) is 5.56 Å². The predicted molar refractivity (Wildman–Crippen MR) is 120 cm³/mol. The van der Waals surface area contributed by atoms with Crippen LogP contribution in [0.3, 0.4) is 0 Å². The molecule has 0 fully saturated rings. The average molecular weight is 417 g/mol. The molecule has 1 amide bonds. The van der Waals surface area contributed by atoms with Crippen molar-refractivity contribution in [1.82, 2.24) is 4.98 Å². The fourth-order valence-electron chi connectivity index (χ4n) is 3.00. The average Bonchev–Trinajstić information content (AvgIpc) is 3.15. The molecular formula is C24H20N2O3S. The van der Waals surface area contributed by atoms with E-state index in [9.17, 15) is 9.59 Å². The van der Waals surface area contributed by atoms with Gasteiger partial charge in [0.2, 0.25) is 0 Å². The molecule has 0 saturated carbocycles. The second-order valence-corrected chi connectivity index (χ2v) is 8.08. The number of nitrogens with one attached hydrogen (secondary N) is 1. The Labute approximate surface area is 178 Å². The van der Waals surface area contributed by atoms with Gasteiger partial charge >= 0.3 is 5.97 Å². The summed E-state index contributed by atoms with van der Waals surface area (Å²) in [6.07, 6.45) is -0.183. The van der Waals surface area contributed by atoms with Crippen molar-refractivity contribution in [3.8, 4) is 11.1 Å². The molecule has 30 heavy (non-hydrogen) atoms. The normalized spacial score (nSPS) is 10.9. The molecule has 0 atom stereocenters. The van der Waals surface area contributed by atoms with Crippen LogP contribution in [0.25, 0.3) is 21.3 Å². The smallest absolute Gasteiger partial charge is 0.338 e. The summed E-state index contributed by atoms with van der Waals surface area (Å²) >= 11 is 1.32. The third kappa shape index (κ3) is 4.39. The van der Waals surface area contributed by atoms with Crippen molar-refractivity contribution in [3.05, 3.63) is 83.9 Å². The van der Waals surface area contributed by atoms with Crippen LogP contribution in [0.1, 0.15) is 34.6 Å². The lowest BCUT2D eigenvalue weighted by Gasteiger charge is -2.07. The molecule has 6 heteroatoms. The van der Waals surface area contributed by atoms with Crippen LogP contribution in [-0.2, 0) is 4.74 Å². The third-order valence-electron chi connectivity index (χ3n) is 4.44. The van der Waals surface area contributed by atoms with Gasteiger partial charge in [-0.3, -0.25) is 10.1 Å². The number of rotatable bonds is 5. The van der Waals surface area contributed by atoms with Gasteiger partial charge in [0.25, 0.3) is 5.91 Å². The summed E-state index contributed by atoms with van der Waals surface area (Å²) in [5, 5.41) is 3.32. The van der Waals surface area contributed by atoms with Crippen molar-refractivity contribution >= 4 is 38.6 Å². The first-order chi connectivity index (χ1) is 14.5. The summed E-state index contributed by atoms with van der Waals surface area (Å²) < 4.78 is 6.04. The molecule has 0 unspecified atom stereocenters. The largest absolute Gasteiger partial charge is 0.459 e. The third-order valence-corrected chi connectivity index (χ3v) is 5.38. The Morgan fingerprint density at radius 1 is 0.900 bits per heavy atom. The van der Waals surface area contributed by atoms with Crippen LogP contribution in [0.5, 0.6) is 0 Å². The zero-order valence-electron chi connectivity index (χ0n) is 16.6. The number of amides is 1. The Hall–Kier alpha value is -3.51. The summed E-state index contributed by atoms with van der Waals surface area (Å²) in [5.41, 5.74) is 3.88. The van der Waals surface area contributed by atoms with Crippen LogP contribution in [0, 0.1) is 0 Å². The van der Waals surface area contributed by atoms with Crippen molar-refractivity contribution in [2.24, 2.45) is 0 Å². The van der Waals surface area contributed by atoms with Gasteiger partial charge in [0.15, 0.2) is 5.13 Å². The van der Waals surface area contributed by atoms with E-state index in [1.54, 1.807) is 30.3 Å². The zero-order chi connectivity index (χ0) is 21.1. The summed E-state index contributed by atoms with van der Waals surface area (Å²) in [5.74, 6) is -0.600. The number of aromatic nitrogens is 1. The Morgan fingerprint density at radius 3 is 2.27 bits per heavy atom. The number of thiazole rings is 1. The number of anilines is 1. The van der Waals surface area contributed by atoms with Gasteiger partial charge in [-0.15, -0.1) is 0 Å². The predicted octanol–water partition coefficient (Wildman–Crippen LogP) is 5.78. The maximum absolute atomic E-state index is 12.6. The Bertz CT molecular complexity index is 1200. The van der Waals surface area contributed by atoms with E-state index in [4.69, 9.17) is 4.74 Å². The van der Waals surface area contributed by atoms with E-state index in [2.05, 4.69) is 10.3 Å². The maximum Gasteiger partial charge on any atom is 0.338 e. The van der Waals surface area contributed by atoms with Crippen LogP contribution in [0.15, 0.2) is 72.8 Å². The summed E-state index contributed by atoms with van der Waals surface area (Å²) in [4.78, 5) is 29.1. The molecule has 0 saturated heterocycles. The van der Waals surface area contributed by atoms with Gasteiger partial charge in [-0.2, -0.15) is 0 Å².